The maximum Gasteiger partial charge on any atom is 0.223 e. The van der Waals surface area contributed by atoms with Gasteiger partial charge in [0, 0.05) is 12.5 Å². The van der Waals surface area contributed by atoms with Gasteiger partial charge in [-0.1, -0.05) is 30.3 Å². The van der Waals surface area contributed by atoms with Gasteiger partial charge < -0.3 is 11.1 Å². The highest BCUT2D eigenvalue weighted by atomic mass is 35.5. The minimum atomic E-state index is 0. The summed E-state index contributed by atoms with van der Waals surface area (Å²) in [5, 5.41) is 2.98. The Morgan fingerprint density at radius 3 is 2.67 bits per heavy atom. The molecule has 2 atom stereocenters. The normalized spacial score (nSPS) is 20.9. The lowest BCUT2D eigenvalue weighted by Crippen LogP contribution is -2.26. The van der Waals surface area contributed by atoms with E-state index in [2.05, 4.69) is 17.4 Å². The van der Waals surface area contributed by atoms with Crippen molar-refractivity contribution in [3.05, 3.63) is 35.9 Å². The molecule has 1 fully saturated rings. The summed E-state index contributed by atoms with van der Waals surface area (Å²) in [6.45, 7) is 1.46. The molecule has 1 amide bonds. The zero-order chi connectivity index (χ0) is 12.1. The molecule has 1 aromatic rings. The van der Waals surface area contributed by atoms with Gasteiger partial charge in [0.05, 0.1) is 0 Å². The molecule has 0 unspecified atom stereocenters. The minimum absolute atomic E-state index is 0. The largest absolute Gasteiger partial charge is 0.356 e. The Hall–Kier alpha value is -1.06. The van der Waals surface area contributed by atoms with Crippen molar-refractivity contribution in [3.63, 3.8) is 0 Å². The van der Waals surface area contributed by atoms with Crippen molar-refractivity contribution in [2.45, 2.75) is 25.2 Å². The predicted molar refractivity (Wildman–Crippen MR) is 75.8 cm³/mol. The summed E-state index contributed by atoms with van der Waals surface area (Å²) >= 11 is 0. The number of unbranched alkanes of at least 4 members (excludes halogenated alkanes) is 1. The number of benzene rings is 1. The molecule has 18 heavy (non-hydrogen) atoms. The fourth-order valence-corrected chi connectivity index (χ4v) is 2.17. The highest BCUT2D eigenvalue weighted by Crippen LogP contribution is 2.47. The van der Waals surface area contributed by atoms with Gasteiger partial charge in [-0.15, -0.1) is 12.4 Å². The summed E-state index contributed by atoms with van der Waals surface area (Å²) in [5.74, 6) is 0.830. The molecule has 0 radical (unpaired) electrons. The molecule has 0 aromatic heterocycles. The van der Waals surface area contributed by atoms with Gasteiger partial charge in [0.25, 0.3) is 0 Å². The Kier molecular flexibility index (Phi) is 6.16. The molecule has 4 heteroatoms. The van der Waals surface area contributed by atoms with E-state index in [0.29, 0.717) is 12.5 Å². The second-order valence-electron chi connectivity index (χ2n) is 4.65. The molecule has 1 aliphatic carbocycles. The number of hydrogen-bond acceptors (Lipinski definition) is 2. The summed E-state index contributed by atoms with van der Waals surface area (Å²) in [6.07, 6.45) is 2.95. The van der Waals surface area contributed by atoms with Crippen molar-refractivity contribution in [1.82, 2.24) is 5.32 Å². The molecule has 3 nitrogen and oxygen atoms in total. The van der Waals surface area contributed by atoms with E-state index in [1.54, 1.807) is 0 Å². The highest BCUT2D eigenvalue weighted by molar-refractivity contribution is 5.85. The van der Waals surface area contributed by atoms with E-state index in [0.717, 1.165) is 25.8 Å². The van der Waals surface area contributed by atoms with Gasteiger partial charge in [-0.05, 0) is 37.3 Å². The molecule has 0 bridgehead atoms. The zero-order valence-electron chi connectivity index (χ0n) is 10.5. The van der Waals surface area contributed by atoms with E-state index in [9.17, 15) is 4.79 Å². The number of hydrogen-bond donors (Lipinski definition) is 2. The van der Waals surface area contributed by atoms with E-state index in [4.69, 9.17) is 5.73 Å². The van der Waals surface area contributed by atoms with Crippen molar-refractivity contribution in [1.29, 1.82) is 0 Å². The summed E-state index contributed by atoms with van der Waals surface area (Å²) in [7, 11) is 0. The Bertz CT molecular complexity index is 369. The van der Waals surface area contributed by atoms with Gasteiger partial charge in [0.1, 0.15) is 0 Å². The topological polar surface area (TPSA) is 55.1 Å². The first-order valence-corrected chi connectivity index (χ1v) is 6.35. The second kappa shape index (κ2) is 7.39. The molecule has 1 saturated carbocycles. The van der Waals surface area contributed by atoms with Gasteiger partial charge in [0.15, 0.2) is 0 Å². The average molecular weight is 269 g/mol. The molecule has 100 valence electrons. The number of rotatable bonds is 6. The Morgan fingerprint density at radius 2 is 2.00 bits per heavy atom. The second-order valence-corrected chi connectivity index (χ2v) is 4.65. The summed E-state index contributed by atoms with van der Waals surface area (Å²) in [5.41, 5.74) is 6.69. The lowest BCUT2D eigenvalue weighted by molar-refractivity contribution is -0.122. The monoisotopic (exact) mass is 268 g/mol. The van der Waals surface area contributed by atoms with Crippen LogP contribution in [0.2, 0.25) is 0 Å². The smallest absolute Gasteiger partial charge is 0.223 e. The van der Waals surface area contributed by atoms with Gasteiger partial charge in [0.2, 0.25) is 5.91 Å². The van der Waals surface area contributed by atoms with E-state index in [1.807, 2.05) is 18.2 Å². The zero-order valence-corrected chi connectivity index (χ0v) is 11.3. The molecule has 0 saturated heterocycles. The van der Waals surface area contributed by atoms with Crippen LogP contribution >= 0.6 is 12.4 Å². The Labute approximate surface area is 115 Å². The van der Waals surface area contributed by atoms with Gasteiger partial charge in [-0.3, -0.25) is 4.79 Å². The molecule has 1 aromatic carbocycles. The number of amides is 1. The summed E-state index contributed by atoms with van der Waals surface area (Å²) in [6, 6.07) is 10.3. The van der Waals surface area contributed by atoms with E-state index >= 15 is 0 Å². The number of carbonyl (C=O) groups excluding carboxylic acids is 1. The predicted octanol–water partition coefficient (Wildman–Crippen LogP) is 2.07. The SMILES string of the molecule is Cl.NCCCCNC(=O)[C@@H]1C[C@H]1c1ccccc1. The third-order valence-electron chi connectivity index (χ3n) is 3.29. The van der Waals surface area contributed by atoms with Crippen LogP contribution in [0.1, 0.15) is 30.7 Å². The molecule has 3 N–H and O–H groups in total. The average Bonchev–Trinajstić information content (AvgIpc) is 3.16. The maximum atomic E-state index is 11.8. The molecule has 0 heterocycles. The molecular weight excluding hydrogens is 248 g/mol. The van der Waals surface area contributed by atoms with Crippen molar-refractivity contribution in [2.75, 3.05) is 13.1 Å². The lowest BCUT2D eigenvalue weighted by Gasteiger charge is -2.04. The van der Waals surface area contributed by atoms with Gasteiger partial charge in [-0.2, -0.15) is 0 Å². The van der Waals surface area contributed by atoms with Crippen LogP contribution in [0.4, 0.5) is 0 Å². The van der Waals surface area contributed by atoms with Crippen LogP contribution in [-0.2, 0) is 4.79 Å². The van der Waals surface area contributed by atoms with Crippen molar-refractivity contribution in [2.24, 2.45) is 11.7 Å². The Morgan fingerprint density at radius 1 is 1.28 bits per heavy atom. The minimum Gasteiger partial charge on any atom is -0.356 e. The molecule has 1 aliphatic rings. The third-order valence-corrected chi connectivity index (χ3v) is 3.29. The lowest BCUT2D eigenvalue weighted by atomic mass is 10.1. The molecule has 0 spiro atoms. The van der Waals surface area contributed by atoms with E-state index in [-0.39, 0.29) is 24.2 Å². The maximum absolute atomic E-state index is 11.8. The summed E-state index contributed by atoms with van der Waals surface area (Å²) < 4.78 is 0. The number of nitrogens with one attached hydrogen (secondary N) is 1. The van der Waals surface area contributed by atoms with E-state index < -0.39 is 0 Å². The van der Waals surface area contributed by atoms with Crippen molar-refractivity contribution < 1.29 is 4.79 Å². The number of halogens is 1. The van der Waals surface area contributed by atoms with Crippen molar-refractivity contribution >= 4 is 18.3 Å². The van der Waals surface area contributed by atoms with Crippen LogP contribution in [0.15, 0.2) is 30.3 Å². The van der Waals surface area contributed by atoms with Crippen LogP contribution in [0, 0.1) is 5.92 Å². The number of nitrogens with two attached hydrogens (primary N) is 1. The third kappa shape index (κ3) is 4.00. The van der Waals surface area contributed by atoms with Crippen LogP contribution in [0.3, 0.4) is 0 Å². The van der Waals surface area contributed by atoms with Gasteiger partial charge >= 0.3 is 0 Å². The first-order valence-electron chi connectivity index (χ1n) is 6.35. The number of carbonyl (C=O) groups is 1. The summed E-state index contributed by atoms with van der Waals surface area (Å²) in [4.78, 5) is 11.8. The molecule has 2 rings (SSSR count). The fraction of sp³-hybridized carbons (Fsp3) is 0.500. The molecular formula is C14H21ClN2O. The van der Waals surface area contributed by atoms with E-state index in [1.165, 1.54) is 5.56 Å². The highest BCUT2D eigenvalue weighted by Gasteiger charge is 2.43. The van der Waals surface area contributed by atoms with Crippen molar-refractivity contribution in [3.8, 4) is 0 Å². The quantitative estimate of drug-likeness (QED) is 0.776. The van der Waals surface area contributed by atoms with Crippen LogP contribution in [0.5, 0.6) is 0 Å². The fourth-order valence-electron chi connectivity index (χ4n) is 2.17. The van der Waals surface area contributed by atoms with Gasteiger partial charge in [-0.25, -0.2) is 0 Å². The first kappa shape index (κ1) is 15.0. The van der Waals surface area contributed by atoms with Crippen LogP contribution in [0.25, 0.3) is 0 Å². The standard InChI is InChI=1S/C14H20N2O.ClH/c15-8-4-5-9-16-14(17)13-10-12(13)11-6-2-1-3-7-11;/h1-3,6-7,12-13H,4-5,8-10,15H2,(H,16,17);1H/t12-,13+;/m0./s1. The molecule has 0 aliphatic heterocycles. The van der Waals surface area contributed by atoms with Crippen LogP contribution < -0.4 is 11.1 Å². The van der Waals surface area contributed by atoms with Crippen LogP contribution in [-0.4, -0.2) is 19.0 Å². The Balaban J connectivity index is 0.00000162. The first-order chi connectivity index (χ1) is 8.33.